The number of pyridine rings is 1. The van der Waals surface area contributed by atoms with Crippen LogP contribution in [0.2, 0.25) is 0 Å². The van der Waals surface area contributed by atoms with Crippen molar-refractivity contribution in [3.63, 3.8) is 0 Å². The van der Waals surface area contributed by atoms with Gasteiger partial charge >= 0.3 is 0 Å². The largest absolute Gasteiger partial charge is 0.457 e. The zero-order chi connectivity index (χ0) is 45.2. The van der Waals surface area contributed by atoms with E-state index in [-0.39, 0.29) is 21.7 Å². The van der Waals surface area contributed by atoms with E-state index in [9.17, 15) is 0 Å². The SMILES string of the molecule is CC(C)(C)C1=C(C(C)(C)C)N(c2cccc(C(C)(C)c3ccccc3)c2)CN1c1cccc(Oc2ccc3c4cc(-c5ccccc5)ccc4n(-c4cc(C(C)(C)C)ccn4)c3c2)c1. The van der Waals surface area contributed by atoms with Crippen molar-refractivity contribution < 1.29 is 4.74 Å². The highest BCUT2D eigenvalue weighted by Gasteiger charge is 2.42. The molecule has 5 heteroatoms. The number of allylic oxidation sites excluding steroid dienone is 2. The summed E-state index contributed by atoms with van der Waals surface area (Å²) < 4.78 is 9.17. The molecule has 324 valence electrons. The first-order chi connectivity index (χ1) is 30.4. The third-order valence-electron chi connectivity index (χ3n) is 12.9. The Morgan fingerprint density at radius 1 is 0.438 bits per heavy atom. The van der Waals surface area contributed by atoms with Crippen LogP contribution in [-0.2, 0) is 10.8 Å². The first-order valence-electron chi connectivity index (χ1n) is 22.7. The number of hydrogen-bond acceptors (Lipinski definition) is 4. The van der Waals surface area contributed by atoms with Crippen molar-refractivity contribution >= 4 is 33.2 Å². The Bertz CT molecular complexity index is 3030. The summed E-state index contributed by atoms with van der Waals surface area (Å²) in [5.74, 6) is 2.45. The highest BCUT2D eigenvalue weighted by Crippen LogP contribution is 2.49. The Hall–Kier alpha value is -6.59. The number of fused-ring (bicyclic) bond motifs is 3. The van der Waals surface area contributed by atoms with Crippen molar-refractivity contribution in [3.8, 4) is 28.4 Å². The van der Waals surface area contributed by atoms with E-state index < -0.39 is 0 Å². The number of nitrogens with zero attached hydrogens (tertiary/aromatic N) is 4. The third kappa shape index (κ3) is 7.98. The number of ether oxygens (including phenoxy) is 1. The van der Waals surface area contributed by atoms with Crippen molar-refractivity contribution in [1.82, 2.24) is 9.55 Å². The monoisotopic (exact) mass is 842 g/mol. The summed E-state index contributed by atoms with van der Waals surface area (Å²) in [5.41, 5.74) is 12.8. The molecule has 0 unspecified atom stereocenters. The molecule has 0 aliphatic carbocycles. The number of anilines is 2. The molecule has 0 atom stereocenters. The lowest BCUT2D eigenvalue weighted by molar-refractivity contribution is 0.444. The Balaban J connectivity index is 1.11. The number of rotatable bonds is 8. The molecule has 8 aromatic rings. The van der Waals surface area contributed by atoms with Gasteiger partial charge in [0.25, 0.3) is 0 Å². The van der Waals surface area contributed by atoms with Gasteiger partial charge in [-0.05, 0) is 93.9 Å². The average Bonchev–Trinajstić information content (AvgIpc) is 3.85. The molecule has 0 spiro atoms. The van der Waals surface area contributed by atoms with Crippen LogP contribution in [0.5, 0.6) is 11.5 Å². The number of aromatic nitrogens is 2. The highest BCUT2D eigenvalue weighted by atomic mass is 16.5. The quantitative estimate of drug-likeness (QED) is 0.153. The van der Waals surface area contributed by atoms with E-state index >= 15 is 0 Å². The second kappa shape index (κ2) is 15.9. The topological polar surface area (TPSA) is 33.5 Å². The molecule has 3 heterocycles. The average molecular weight is 843 g/mol. The van der Waals surface area contributed by atoms with E-state index in [2.05, 4.69) is 248 Å². The van der Waals surface area contributed by atoms with Gasteiger partial charge in [0, 0.05) is 68.1 Å². The maximum absolute atomic E-state index is 6.88. The molecule has 2 aromatic heterocycles. The summed E-state index contributed by atoms with van der Waals surface area (Å²) in [5, 5.41) is 2.33. The molecule has 64 heavy (non-hydrogen) atoms. The molecule has 0 saturated heterocycles. The Labute approximate surface area is 380 Å². The normalized spacial score (nSPS) is 14.0. The summed E-state index contributed by atoms with van der Waals surface area (Å²) in [6.45, 7) is 26.1. The van der Waals surface area contributed by atoms with E-state index in [1.54, 1.807) is 0 Å². The minimum Gasteiger partial charge on any atom is -0.457 e. The summed E-state index contributed by atoms with van der Waals surface area (Å²) in [6, 6.07) is 56.8. The standard InChI is InChI=1S/C59H62N4O/c1-56(2,3)43-32-33-60-53(36-43)63-51-31-28-41(40-20-14-12-15-21-40)34-50(51)49-30-29-48(38-52(49)63)64-47-27-19-26-46(37-47)62-39-61(54(57(4,5)6)55(62)58(7,8)9)45-25-18-24-44(35-45)59(10,11)42-22-16-13-17-23-42/h12-38H,39H2,1-11H3. The van der Waals surface area contributed by atoms with Crippen LogP contribution in [0.25, 0.3) is 38.8 Å². The van der Waals surface area contributed by atoms with Gasteiger partial charge in [0.2, 0.25) is 0 Å². The van der Waals surface area contributed by atoms with E-state index in [1.807, 2.05) is 6.20 Å². The predicted octanol–water partition coefficient (Wildman–Crippen LogP) is 15.8. The van der Waals surface area contributed by atoms with E-state index in [0.717, 1.165) is 39.4 Å². The van der Waals surface area contributed by atoms with Crippen molar-refractivity contribution in [2.75, 3.05) is 16.5 Å². The Kier molecular flexibility index (Phi) is 10.6. The van der Waals surface area contributed by atoms with Crippen LogP contribution >= 0.6 is 0 Å². The van der Waals surface area contributed by atoms with Crippen molar-refractivity contribution in [2.24, 2.45) is 10.8 Å². The highest BCUT2D eigenvalue weighted by molar-refractivity contribution is 6.10. The third-order valence-corrected chi connectivity index (χ3v) is 12.9. The molecule has 0 saturated carbocycles. The van der Waals surface area contributed by atoms with Gasteiger partial charge in [-0.1, -0.05) is 161 Å². The molecule has 0 radical (unpaired) electrons. The lowest BCUT2D eigenvalue weighted by Crippen LogP contribution is -2.31. The van der Waals surface area contributed by atoms with Gasteiger partial charge < -0.3 is 14.5 Å². The molecule has 6 aromatic carbocycles. The summed E-state index contributed by atoms with van der Waals surface area (Å²) in [6.07, 6.45) is 1.94. The summed E-state index contributed by atoms with van der Waals surface area (Å²) in [7, 11) is 0. The zero-order valence-electron chi connectivity index (χ0n) is 39.5. The van der Waals surface area contributed by atoms with Crippen LogP contribution in [-0.4, -0.2) is 16.2 Å². The van der Waals surface area contributed by atoms with Gasteiger partial charge in [-0.25, -0.2) is 4.98 Å². The smallest absolute Gasteiger partial charge is 0.137 e. The first-order valence-corrected chi connectivity index (χ1v) is 22.7. The van der Waals surface area contributed by atoms with Gasteiger partial charge in [-0.2, -0.15) is 0 Å². The second-order valence-corrected chi connectivity index (χ2v) is 21.1. The maximum Gasteiger partial charge on any atom is 0.137 e. The van der Waals surface area contributed by atoms with Gasteiger partial charge in [0.15, 0.2) is 0 Å². The fraction of sp³-hybridized carbons (Fsp3) is 0.271. The molecule has 0 bridgehead atoms. The fourth-order valence-electron chi connectivity index (χ4n) is 9.54. The molecule has 5 nitrogen and oxygen atoms in total. The minimum atomic E-state index is -0.156. The molecule has 1 aliphatic heterocycles. The Morgan fingerprint density at radius 2 is 1.05 bits per heavy atom. The summed E-state index contributed by atoms with van der Waals surface area (Å²) >= 11 is 0. The Morgan fingerprint density at radius 3 is 1.70 bits per heavy atom. The van der Waals surface area contributed by atoms with Gasteiger partial charge in [0.1, 0.15) is 17.3 Å². The lowest BCUT2D eigenvalue weighted by atomic mass is 9.78. The van der Waals surface area contributed by atoms with E-state index in [1.165, 1.54) is 50.3 Å². The van der Waals surface area contributed by atoms with Crippen LogP contribution < -0.4 is 14.5 Å². The fourth-order valence-corrected chi connectivity index (χ4v) is 9.54. The van der Waals surface area contributed by atoms with Gasteiger partial charge in [0.05, 0.1) is 17.7 Å². The van der Waals surface area contributed by atoms with Crippen LogP contribution in [0, 0.1) is 10.8 Å². The molecular weight excluding hydrogens is 781 g/mol. The molecule has 9 rings (SSSR count). The molecular formula is C59H62N4O. The lowest BCUT2D eigenvalue weighted by Gasteiger charge is -2.34. The molecule has 1 aliphatic rings. The van der Waals surface area contributed by atoms with Crippen molar-refractivity contribution in [3.05, 3.63) is 192 Å². The molecule has 0 fully saturated rings. The van der Waals surface area contributed by atoms with Gasteiger partial charge in [-0.15, -0.1) is 0 Å². The predicted molar refractivity (Wildman–Crippen MR) is 270 cm³/mol. The molecule has 0 amide bonds. The summed E-state index contributed by atoms with van der Waals surface area (Å²) in [4.78, 5) is 10.0. The van der Waals surface area contributed by atoms with Crippen LogP contribution in [0.1, 0.15) is 92.9 Å². The van der Waals surface area contributed by atoms with Crippen molar-refractivity contribution in [1.29, 1.82) is 0 Å². The minimum absolute atomic E-state index is 0.0262. The maximum atomic E-state index is 6.88. The number of benzene rings is 6. The zero-order valence-corrected chi connectivity index (χ0v) is 39.5. The van der Waals surface area contributed by atoms with E-state index in [4.69, 9.17) is 9.72 Å². The van der Waals surface area contributed by atoms with E-state index in [0.29, 0.717) is 6.67 Å². The van der Waals surface area contributed by atoms with Crippen molar-refractivity contribution in [2.45, 2.75) is 87.0 Å². The first kappa shape index (κ1) is 42.7. The van der Waals surface area contributed by atoms with Crippen LogP contribution in [0.15, 0.2) is 175 Å². The number of hydrogen-bond donors (Lipinski definition) is 0. The van der Waals surface area contributed by atoms with Crippen LogP contribution in [0.3, 0.4) is 0 Å². The second-order valence-electron chi connectivity index (χ2n) is 21.1. The molecule has 0 N–H and O–H groups in total. The van der Waals surface area contributed by atoms with Crippen LogP contribution in [0.4, 0.5) is 11.4 Å². The van der Waals surface area contributed by atoms with Gasteiger partial charge in [-0.3, -0.25) is 4.57 Å².